The second kappa shape index (κ2) is 29.7. The molecule has 0 bridgehead atoms. The van der Waals surface area contributed by atoms with Gasteiger partial charge < -0.3 is 45.5 Å². The van der Waals surface area contributed by atoms with Gasteiger partial charge in [-0.3, -0.25) is 14.5 Å². The van der Waals surface area contributed by atoms with Crippen molar-refractivity contribution in [2.45, 2.75) is 195 Å². The van der Waals surface area contributed by atoms with Crippen molar-refractivity contribution in [1.29, 1.82) is 0 Å². The summed E-state index contributed by atoms with van der Waals surface area (Å²) in [5.41, 5.74) is 29.1. The minimum Gasteiger partial charge on any atom is -0.493 e. The number of nitrogens with two attached hydrogens (primary N) is 1. The van der Waals surface area contributed by atoms with E-state index in [9.17, 15) is 35.1 Å². The number of carbonyl (C=O) groups excluding carboxylic acids is 2. The minimum absolute atomic E-state index is 0.167. The average molecular weight is 1360 g/mol. The molecule has 8 aromatic rings. The van der Waals surface area contributed by atoms with Crippen LogP contribution in [0.4, 0.5) is 0 Å². The maximum Gasteiger partial charge on any atom is 0.262 e. The van der Waals surface area contributed by atoms with Gasteiger partial charge in [0.25, 0.3) is 11.8 Å². The van der Waals surface area contributed by atoms with Crippen LogP contribution in [-0.2, 0) is 25.7 Å². The Morgan fingerprint density at radius 1 is 0.427 bits per heavy atom. The number of fused-ring (bicyclic) bond motifs is 5. The molecule has 0 fully saturated rings. The van der Waals surface area contributed by atoms with Crippen molar-refractivity contribution in [3.05, 3.63) is 227 Å². The van der Waals surface area contributed by atoms with Crippen LogP contribution in [0.3, 0.4) is 0 Å². The SMILES string of the molecule is Cc1cc(OCCC(C)(C)O)cc(C)c1-c1cccc2c1CC[C@@H]2O.Cc1cc(OCCC(C)(C)O)cc(C)c1-c1cccc2c1CC[C@H]2N.Cc1cc(OCCC(C)(C)O)cc(C)c1-c1cccc2c1CC[C@H]2N1C(=O)c2ccccc2C1=O.O[C@H]1CCc2c(Br)cccc21. The highest BCUT2D eigenvalue weighted by Gasteiger charge is 2.43. The van der Waals surface area contributed by atoms with Gasteiger partial charge in [0.05, 0.1) is 66.0 Å². The molecule has 13 rings (SSSR count). The summed E-state index contributed by atoms with van der Waals surface area (Å²) in [5, 5.41) is 49.2. The van der Waals surface area contributed by atoms with Gasteiger partial charge >= 0.3 is 0 Å². The Morgan fingerprint density at radius 2 is 0.740 bits per heavy atom. The molecule has 13 heteroatoms. The number of nitrogens with zero attached hydrogens (tertiary/aromatic N) is 1. The summed E-state index contributed by atoms with van der Waals surface area (Å²) >= 11 is 3.46. The van der Waals surface area contributed by atoms with E-state index in [1.807, 2.05) is 48.5 Å². The molecule has 1 aliphatic heterocycles. The lowest BCUT2D eigenvalue weighted by atomic mass is 9.90. The predicted molar refractivity (Wildman–Crippen MR) is 387 cm³/mol. The Labute approximate surface area is 576 Å². The van der Waals surface area contributed by atoms with Crippen molar-refractivity contribution in [3.8, 4) is 50.6 Å². The summed E-state index contributed by atoms with van der Waals surface area (Å²) < 4.78 is 18.8. The summed E-state index contributed by atoms with van der Waals surface area (Å²) in [6, 6.07) is 44.3. The number of aryl methyl sites for hydroxylation is 6. The van der Waals surface area contributed by atoms with Crippen LogP contribution in [0.15, 0.2) is 138 Å². The first-order valence-electron chi connectivity index (χ1n) is 34.1. The van der Waals surface area contributed by atoms with Gasteiger partial charge in [-0.25, -0.2) is 0 Å². The number of amides is 2. The van der Waals surface area contributed by atoms with Gasteiger partial charge in [-0.1, -0.05) is 94.8 Å². The van der Waals surface area contributed by atoms with Crippen molar-refractivity contribution < 1.29 is 49.3 Å². The number of hydrogen-bond acceptors (Lipinski definition) is 11. The Kier molecular flexibility index (Phi) is 22.1. The Morgan fingerprint density at radius 3 is 1.14 bits per heavy atom. The van der Waals surface area contributed by atoms with Crippen LogP contribution in [0.25, 0.3) is 33.4 Å². The maximum absolute atomic E-state index is 13.1. The Hall–Kier alpha value is -7.46. The van der Waals surface area contributed by atoms with Crippen LogP contribution >= 0.6 is 15.9 Å². The van der Waals surface area contributed by atoms with E-state index in [1.165, 1.54) is 82.8 Å². The fourth-order valence-corrected chi connectivity index (χ4v) is 15.1. The fraction of sp³-hybridized carbons (Fsp3) is 0.398. The maximum atomic E-state index is 13.1. The number of benzene rings is 8. The van der Waals surface area contributed by atoms with Crippen LogP contribution < -0.4 is 19.9 Å². The number of aliphatic hydroxyl groups is 5. The molecule has 4 aliphatic carbocycles. The van der Waals surface area contributed by atoms with E-state index in [-0.39, 0.29) is 36.1 Å². The molecule has 0 aromatic heterocycles. The van der Waals surface area contributed by atoms with Crippen LogP contribution in [0.2, 0.25) is 0 Å². The normalized spacial score (nSPS) is 17.5. The first kappa shape index (κ1) is 71.3. The molecule has 0 saturated carbocycles. The third kappa shape index (κ3) is 16.4. The van der Waals surface area contributed by atoms with Gasteiger partial charge in [-0.15, -0.1) is 0 Å². The number of ether oxygens (including phenoxy) is 3. The highest BCUT2D eigenvalue weighted by molar-refractivity contribution is 9.10. The molecule has 7 N–H and O–H groups in total. The summed E-state index contributed by atoms with van der Waals surface area (Å²) in [6.07, 6.45) is 8.42. The van der Waals surface area contributed by atoms with Crippen LogP contribution in [-0.4, -0.2) is 78.9 Å². The zero-order valence-electron chi connectivity index (χ0n) is 58.1. The van der Waals surface area contributed by atoms with Crippen LogP contribution in [0.1, 0.15) is 209 Å². The first-order chi connectivity index (χ1) is 45.5. The van der Waals surface area contributed by atoms with E-state index in [4.69, 9.17) is 19.9 Å². The Bertz CT molecular complexity index is 3930. The van der Waals surface area contributed by atoms with Gasteiger partial charge in [0.1, 0.15) is 17.2 Å². The van der Waals surface area contributed by atoms with E-state index in [1.54, 1.807) is 65.8 Å². The molecule has 0 radical (unpaired) electrons. The van der Waals surface area contributed by atoms with Crippen LogP contribution in [0, 0.1) is 41.5 Å². The van der Waals surface area contributed by atoms with Crippen LogP contribution in [0.5, 0.6) is 17.2 Å². The van der Waals surface area contributed by atoms with Gasteiger partial charge in [0.2, 0.25) is 0 Å². The standard InChI is InChI=1S/C30H31NO4.C22H29NO2.C22H28O3.C9H9BrO/c1-18-16-20(35-15-14-30(3,4)34)17-19(2)27(18)23-11-7-10-22-21(23)12-13-26(22)31-28(32)24-8-5-6-9-25(24)29(31)33;2*1-14-12-16(25-11-10-22(3,4)24)13-15(2)21(14)19-7-5-6-18-17(19)8-9-20(18)23;10-8-3-1-2-7-6(8)4-5-9(7)11/h5-11,16-17,26,34H,12-15H2,1-4H3;5-7,12-13,20,24H,8-11,23H2,1-4H3;5-7,12-13,20,23-24H,8-11H2,1-4H3;1-3,9,11H,4-5H2/t26-;2*20-;9-/m1100/s1. The molecule has 0 saturated heterocycles. The molecule has 96 heavy (non-hydrogen) atoms. The lowest BCUT2D eigenvalue weighted by Crippen LogP contribution is -2.33. The fourth-order valence-electron chi connectivity index (χ4n) is 14.6. The average Bonchev–Trinajstić information content (AvgIpc) is 1.61. The third-order valence-corrected chi connectivity index (χ3v) is 20.1. The first-order valence-corrected chi connectivity index (χ1v) is 34.9. The van der Waals surface area contributed by atoms with E-state index in [2.05, 4.69) is 118 Å². The number of hydrogen-bond donors (Lipinski definition) is 6. The molecule has 8 aromatic carbocycles. The molecule has 0 spiro atoms. The van der Waals surface area contributed by atoms with Crippen molar-refractivity contribution in [1.82, 2.24) is 4.90 Å². The smallest absolute Gasteiger partial charge is 0.262 e. The van der Waals surface area contributed by atoms with Crippen molar-refractivity contribution in [2.75, 3.05) is 19.8 Å². The number of aliphatic hydroxyl groups excluding tert-OH is 2. The highest BCUT2D eigenvalue weighted by atomic mass is 79.9. The number of carbonyl (C=O) groups is 2. The molecule has 0 unspecified atom stereocenters. The zero-order valence-corrected chi connectivity index (χ0v) is 59.7. The van der Waals surface area contributed by atoms with E-state index >= 15 is 0 Å². The molecule has 2 amide bonds. The molecule has 12 nitrogen and oxygen atoms in total. The molecular weight excluding hydrogens is 1260 g/mol. The molecular formula is C83H97BrN2O10. The van der Waals surface area contributed by atoms with Gasteiger partial charge in [-0.05, 0) is 300 Å². The zero-order chi connectivity index (χ0) is 69.1. The molecule has 1 heterocycles. The second-order valence-corrected chi connectivity index (χ2v) is 29.6. The van der Waals surface area contributed by atoms with Crippen molar-refractivity contribution in [3.63, 3.8) is 0 Å². The number of rotatable bonds is 16. The topological polar surface area (TPSA) is 192 Å². The Balaban J connectivity index is 0.000000147. The van der Waals surface area contributed by atoms with E-state index in [0.29, 0.717) is 50.2 Å². The second-order valence-electron chi connectivity index (χ2n) is 28.8. The largest absolute Gasteiger partial charge is 0.493 e. The summed E-state index contributed by atoms with van der Waals surface area (Å²) in [5.74, 6) is 2.11. The van der Waals surface area contributed by atoms with E-state index < -0.39 is 16.8 Å². The summed E-state index contributed by atoms with van der Waals surface area (Å²) in [4.78, 5) is 27.7. The molecule has 4 atom stereocenters. The summed E-state index contributed by atoms with van der Waals surface area (Å²) in [7, 11) is 0. The van der Waals surface area contributed by atoms with Gasteiger partial charge in [0, 0.05) is 29.8 Å². The third-order valence-electron chi connectivity index (χ3n) is 19.4. The lowest BCUT2D eigenvalue weighted by Gasteiger charge is -2.23. The lowest BCUT2D eigenvalue weighted by molar-refractivity contribution is 0.0546. The number of imide groups is 1. The van der Waals surface area contributed by atoms with Gasteiger partial charge in [0.15, 0.2) is 0 Å². The highest BCUT2D eigenvalue weighted by Crippen LogP contribution is 2.47. The van der Waals surface area contributed by atoms with Gasteiger partial charge in [-0.2, -0.15) is 0 Å². The molecule has 5 aliphatic rings. The monoisotopic (exact) mass is 1360 g/mol. The summed E-state index contributed by atoms with van der Waals surface area (Å²) in [6.45, 7) is 24.9. The number of halogens is 1. The quantitative estimate of drug-likeness (QED) is 0.0505. The predicted octanol–water partition coefficient (Wildman–Crippen LogP) is 17.2. The van der Waals surface area contributed by atoms with E-state index in [0.717, 1.165) is 106 Å². The van der Waals surface area contributed by atoms with Crippen molar-refractivity contribution >= 4 is 27.7 Å². The molecule has 506 valence electrons. The minimum atomic E-state index is -0.759. The van der Waals surface area contributed by atoms with Crippen molar-refractivity contribution in [2.24, 2.45) is 5.73 Å².